The molecule has 1 aromatic carbocycles. The third-order valence-electron chi connectivity index (χ3n) is 2.40. The highest BCUT2D eigenvalue weighted by Crippen LogP contribution is 2.24. The molecule has 96 valence electrons. The van der Waals surface area contributed by atoms with Gasteiger partial charge in [-0.05, 0) is 18.2 Å². The summed E-state index contributed by atoms with van der Waals surface area (Å²) in [5.74, 6) is 1.30. The van der Waals surface area contributed by atoms with Crippen LogP contribution in [0, 0.1) is 0 Å². The van der Waals surface area contributed by atoms with Gasteiger partial charge in [0.05, 0.1) is 12.3 Å². The quantitative estimate of drug-likeness (QED) is 0.910. The Hall–Kier alpha value is -0.970. The van der Waals surface area contributed by atoms with E-state index in [0.717, 1.165) is 17.0 Å². The van der Waals surface area contributed by atoms with Gasteiger partial charge in [0.1, 0.15) is 6.26 Å². The van der Waals surface area contributed by atoms with Gasteiger partial charge in [0.15, 0.2) is 0 Å². The highest BCUT2D eigenvalue weighted by molar-refractivity contribution is 7.99. The molecular weight excluding hydrogens is 270 g/mol. The second kappa shape index (κ2) is 6.27. The lowest BCUT2D eigenvalue weighted by molar-refractivity contribution is 0.300. The number of hydrogen-bond donors (Lipinski definition) is 1. The van der Waals surface area contributed by atoms with Crippen molar-refractivity contribution in [1.29, 1.82) is 0 Å². The number of benzene rings is 1. The Bertz CT molecular complexity index is 515. The van der Waals surface area contributed by atoms with Crippen molar-refractivity contribution >= 4 is 23.4 Å². The molecule has 1 unspecified atom stereocenters. The number of aromatic nitrogens is 1. The Balaban J connectivity index is 2.06. The number of rotatable bonds is 5. The second-order valence-electron chi connectivity index (χ2n) is 3.96. The summed E-state index contributed by atoms with van der Waals surface area (Å²) in [4.78, 5) is 4.40. The van der Waals surface area contributed by atoms with Crippen LogP contribution in [-0.4, -0.2) is 21.9 Å². The van der Waals surface area contributed by atoms with E-state index in [4.69, 9.17) is 21.1 Å². The van der Waals surface area contributed by atoms with Crippen molar-refractivity contribution in [3.63, 3.8) is 0 Å². The summed E-state index contributed by atoms with van der Waals surface area (Å²) in [6, 6.07) is 7.41. The average Bonchev–Trinajstić information content (AvgIpc) is 2.84. The normalized spacial score (nSPS) is 12.6. The largest absolute Gasteiger partial charge is 0.444 e. The lowest BCUT2D eigenvalue weighted by Crippen LogP contribution is -2.02. The van der Waals surface area contributed by atoms with Gasteiger partial charge in [0.25, 0.3) is 0 Å². The molecule has 0 aliphatic carbocycles. The van der Waals surface area contributed by atoms with Crippen LogP contribution in [0.2, 0.25) is 5.02 Å². The third kappa shape index (κ3) is 3.51. The average molecular weight is 284 g/mol. The molecule has 0 fully saturated rings. The van der Waals surface area contributed by atoms with Crippen LogP contribution in [0.25, 0.3) is 11.5 Å². The van der Waals surface area contributed by atoms with Gasteiger partial charge < -0.3 is 9.52 Å². The Morgan fingerprint density at radius 2 is 2.33 bits per heavy atom. The first-order chi connectivity index (χ1) is 8.69. The molecule has 1 aromatic heterocycles. The number of oxazole rings is 1. The van der Waals surface area contributed by atoms with E-state index in [0.29, 0.717) is 10.9 Å². The molecule has 5 heteroatoms. The van der Waals surface area contributed by atoms with Crippen molar-refractivity contribution in [3.05, 3.63) is 41.2 Å². The summed E-state index contributed by atoms with van der Waals surface area (Å²) < 4.78 is 5.43. The van der Waals surface area contributed by atoms with Crippen LogP contribution < -0.4 is 0 Å². The molecule has 0 radical (unpaired) electrons. The predicted octanol–water partition coefficient (Wildman–Crippen LogP) is 3.61. The number of thioether (sulfide) groups is 1. The van der Waals surface area contributed by atoms with E-state index in [2.05, 4.69) is 4.98 Å². The second-order valence-corrected chi connectivity index (χ2v) is 5.82. The van der Waals surface area contributed by atoms with Crippen molar-refractivity contribution < 1.29 is 9.52 Å². The summed E-state index contributed by atoms with van der Waals surface area (Å²) in [5, 5.41) is 9.81. The molecule has 3 nitrogen and oxygen atoms in total. The van der Waals surface area contributed by atoms with Gasteiger partial charge in [0, 0.05) is 21.6 Å². The fourth-order valence-electron chi connectivity index (χ4n) is 1.41. The van der Waals surface area contributed by atoms with Crippen LogP contribution in [0.3, 0.4) is 0 Å². The van der Waals surface area contributed by atoms with Gasteiger partial charge in [-0.2, -0.15) is 0 Å². The molecule has 0 aliphatic rings. The van der Waals surface area contributed by atoms with Crippen molar-refractivity contribution in [2.24, 2.45) is 0 Å². The molecule has 2 aromatic rings. The van der Waals surface area contributed by atoms with Crippen LogP contribution in [0.4, 0.5) is 0 Å². The topological polar surface area (TPSA) is 46.3 Å². The van der Waals surface area contributed by atoms with Crippen LogP contribution in [0.1, 0.15) is 12.6 Å². The SMILES string of the molecule is CC(CO)SCc1coc(-c2cccc(Cl)c2)n1. The molecule has 0 saturated carbocycles. The van der Waals surface area contributed by atoms with Crippen LogP contribution in [0.5, 0.6) is 0 Å². The molecule has 0 bridgehead atoms. The zero-order chi connectivity index (χ0) is 13.0. The number of hydrogen-bond acceptors (Lipinski definition) is 4. The van der Waals surface area contributed by atoms with Gasteiger partial charge in [-0.15, -0.1) is 11.8 Å². The Labute approximate surface area is 115 Å². The van der Waals surface area contributed by atoms with E-state index in [9.17, 15) is 0 Å². The minimum Gasteiger partial charge on any atom is -0.444 e. The van der Waals surface area contributed by atoms with E-state index in [1.165, 1.54) is 0 Å². The van der Waals surface area contributed by atoms with Gasteiger partial charge in [-0.25, -0.2) is 4.98 Å². The van der Waals surface area contributed by atoms with E-state index in [1.54, 1.807) is 18.0 Å². The lowest BCUT2D eigenvalue weighted by atomic mass is 10.2. The van der Waals surface area contributed by atoms with Gasteiger partial charge in [0.2, 0.25) is 5.89 Å². The van der Waals surface area contributed by atoms with E-state index < -0.39 is 0 Å². The van der Waals surface area contributed by atoms with Gasteiger partial charge >= 0.3 is 0 Å². The molecule has 1 heterocycles. The standard InChI is InChI=1S/C13H14ClNO2S/c1-9(6-16)18-8-12-7-17-13(15-12)10-3-2-4-11(14)5-10/h2-5,7,9,16H,6,8H2,1H3. The molecule has 18 heavy (non-hydrogen) atoms. The molecule has 0 aliphatic heterocycles. The molecule has 0 saturated heterocycles. The van der Waals surface area contributed by atoms with Crippen LogP contribution in [0.15, 0.2) is 34.9 Å². The first kappa shape index (κ1) is 13.5. The predicted molar refractivity (Wildman–Crippen MR) is 74.8 cm³/mol. The van der Waals surface area contributed by atoms with Crippen LogP contribution >= 0.6 is 23.4 Å². The first-order valence-electron chi connectivity index (χ1n) is 5.62. The van der Waals surface area contributed by atoms with E-state index >= 15 is 0 Å². The summed E-state index contributed by atoms with van der Waals surface area (Å²) in [6.45, 7) is 2.15. The summed E-state index contributed by atoms with van der Waals surface area (Å²) in [6.07, 6.45) is 1.65. The van der Waals surface area contributed by atoms with Crippen molar-refractivity contribution in [1.82, 2.24) is 4.98 Å². The fourth-order valence-corrected chi connectivity index (χ4v) is 2.29. The molecule has 0 amide bonds. The maximum Gasteiger partial charge on any atom is 0.226 e. The summed E-state index contributed by atoms with van der Waals surface area (Å²) >= 11 is 7.56. The summed E-state index contributed by atoms with van der Waals surface area (Å²) in [7, 11) is 0. The Morgan fingerprint density at radius 3 is 3.06 bits per heavy atom. The zero-order valence-electron chi connectivity index (χ0n) is 9.97. The van der Waals surface area contributed by atoms with Crippen molar-refractivity contribution in [2.45, 2.75) is 17.9 Å². The van der Waals surface area contributed by atoms with E-state index in [-0.39, 0.29) is 11.9 Å². The first-order valence-corrected chi connectivity index (χ1v) is 7.04. The molecule has 2 rings (SSSR count). The van der Waals surface area contributed by atoms with Crippen molar-refractivity contribution in [2.75, 3.05) is 6.61 Å². The highest BCUT2D eigenvalue weighted by atomic mass is 35.5. The maximum atomic E-state index is 8.95. The van der Waals surface area contributed by atoms with Crippen LogP contribution in [-0.2, 0) is 5.75 Å². The number of aliphatic hydroxyl groups is 1. The minimum atomic E-state index is 0.170. The van der Waals surface area contributed by atoms with Crippen molar-refractivity contribution in [3.8, 4) is 11.5 Å². The monoisotopic (exact) mass is 283 g/mol. The lowest BCUT2D eigenvalue weighted by Gasteiger charge is -2.04. The zero-order valence-corrected chi connectivity index (χ0v) is 11.5. The smallest absolute Gasteiger partial charge is 0.226 e. The highest BCUT2D eigenvalue weighted by Gasteiger charge is 2.08. The molecule has 0 spiro atoms. The number of aliphatic hydroxyl groups excluding tert-OH is 1. The van der Waals surface area contributed by atoms with E-state index in [1.807, 2.05) is 31.2 Å². The van der Waals surface area contributed by atoms with Gasteiger partial charge in [-0.3, -0.25) is 0 Å². The summed E-state index contributed by atoms with van der Waals surface area (Å²) in [5.41, 5.74) is 1.74. The minimum absolute atomic E-state index is 0.170. The molecule has 1 N–H and O–H groups in total. The molecular formula is C13H14ClNO2S. The number of halogens is 1. The maximum absolute atomic E-state index is 8.95. The number of nitrogens with zero attached hydrogens (tertiary/aromatic N) is 1. The third-order valence-corrected chi connectivity index (χ3v) is 3.81. The molecule has 1 atom stereocenters. The fraction of sp³-hybridized carbons (Fsp3) is 0.308. The Kier molecular flexibility index (Phi) is 4.69. The van der Waals surface area contributed by atoms with Gasteiger partial charge in [-0.1, -0.05) is 24.6 Å². The Morgan fingerprint density at radius 1 is 1.50 bits per heavy atom.